The molecule has 8 nitrogen and oxygen atoms in total. The standard InChI is InChI=1S/C31H49NO7/c1-8-38-29(36)32-27-26-25(23(39-19(4)33)16-20-15-17(2)13-14-30(20,26)5)22-11-10-21(31(22,6)28(27)35)18(3)9-12-24(34)37-7/h17-18,20-23,25-27H,8-16H2,1-7H3,(H,32,36)/t17-,18-,20+,21?,22?,23?,25?,26?,27?,30+,31-/m1/s1. The highest BCUT2D eigenvalue weighted by Gasteiger charge is 2.70. The summed E-state index contributed by atoms with van der Waals surface area (Å²) in [4.78, 5) is 52.0. The lowest BCUT2D eigenvalue weighted by molar-refractivity contribution is -0.198. The number of alkyl carbamates (subject to hydrolysis) is 1. The molecule has 0 aromatic rings. The van der Waals surface area contributed by atoms with Crippen LogP contribution >= 0.6 is 0 Å². The van der Waals surface area contributed by atoms with Crippen LogP contribution in [0.4, 0.5) is 4.79 Å². The minimum Gasteiger partial charge on any atom is -0.469 e. The highest BCUT2D eigenvalue weighted by molar-refractivity contribution is 5.94. The lowest BCUT2D eigenvalue weighted by Crippen LogP contribution is -2.70. The van der Waals surface area contributed by atoms with Crippen LogP contribution in [0.5, 0.6) is 0 Å². The van der Waals surface area contributed by atoms with Crippen LogP contribution in [0, 0.1) is 52.3 Å². The second-order valence-electron chi connectivity index (χ2n) is 13.4. The third-order valence-electron chi connectivity index (χ3n) is 11.5. The van der Waals surface area contributed by atoms with E-state index in [4.69, 9.17) is 14.2 Å². The fourth-order valence-electron chi connectivity index (χ4n) is 9.67. The minimum absolute atomic E-state index is 0.0315. The lowest BCUT2D eigenvalue weighted by Gasteiger charge is -2.64. The molecule has 4 saturated carbocycles. The summed E-state index contributed by atoms with van der Waals surface area (Å²) in [5.41, 5.74) is -0.853. The molecule has 0 bridgehead atoms. The number of amides is 1. The molecule has 11 atom stereocenters. The molecule has 39 heavy (non-hydrogen) atoms. The summed E-state index contributed by atoms with van der Waals surface area (Å²) in [5.74, 6) is 0.491. The van der Waals surface area contributed by atoms with Crippen LogP contribution in [-0.2, 0) is 28.6 Å². The number of hydrogen-bond acceptors (Lipinski definition) is 7. The van der Waals surface area contributed by atoms with Crippen molar-refractivity contribution >= 4 is 23.8 Å². The van der Waals surface area contributed by atoms with Gasteiger partial charge in [0.25, 0.3) is 0 Å². The lowest BCUT2D eigenvalue weighted by atomic mass is 9.41. The summed E-state index contributed by atoms with van der Waals surface area (Å²) < 4.78 is 16.3. The van der Waals surface area contributed by atoms with Gasteiger partial charge < -0.3 is 19.5 Å². The van der Waals surface area contributed by atoms with Crippen molar-refractivity contribution in [1.82, 2.24) is 5.32 Å². The van der Waals surface area contributed by atoms with Crippen molar-refractivity contribution in [1.29, 1.82) is 0 Å². The maximum atomic E-state index is 14.8. The Morgan fingerprint density at radius 2 is 1.85 bits per heavy atom. The maximum Gasteiger partial charge on any atom is 0.407 e. The number of rotatable bonds is 7. The number of ether oxygens (including phenoxy) is 3. The van der Waals surface area contributed by atoms with Gasteiger partial charge in [-0.15, -0.1) is 0 Å². The zero-order valence-electron chi connectivity index (χ0n) is 24.9. The van der Waals surface area contributed by atoms with Crippen LogP contribution in [0.15, 0.2) is 0 Å². The van der Waals surface area contributed by atoms with Crippen LogP contribution in [-0.4, -0.2) is 49.7 Å². The van der Waals surface area contributed by atoms with Gasteiger partial charge in [0.05, 0.1) is 19.8 Å². The van der Waals surface area contributed by atoms with Gasteiger partial charge in [-0.3, -0.25) is 14.4 Å². The molecule has 4 aliphatic rings. The van der Waals surface area contributed by atoms with Gasteiger partial charge in [-0.05, 0) is 86.4 Å². The highest BCUT2D eigenvalue weighted by atomic mass is 16.6. The third kappa shape index (κ3) is 5.21. The maximum absolute atomic E-state index is 14.8. The largest absolute Gasteiger partial charge is 0.469 e. The fraction of sp³-hybridized carbons (Fsp3) is 0.871. The van der Waals surface area contributed by atoms with Crippen LogP contribution in [0.25, 0.3) is 0 Å². The van der Waals surface area contributed by atoms with E-state index in [0.717, 1.165) is 38.5 Å². The molecule has 6 unspecified atom stereocenters. The molecule has 220 valence electrons. The molecule has 0 aromatic heterocycles. The summed E-state index contributed by atoms with van der Waals surface area (Å²) in [5, 5.41) is 3.04. The number of carbonyl (C=O) groups is 4. The molecular formula is C31H49NO7. The van der Waals surface area contributed by atoms with Gasteiger partial charge in [0.1, 0.15) is 6.10 Å². The van der Waals surface area contributed by atoms with Crippen LogP contribution in [0.3, 0.4) is 0 Å². The Kier molecular flexibility index (Phi) is 8.73. The summed E-state index contributed by atoms with van der Waals surface area (Å²) in [6.07, 6.45) is 5.76. The molecule has 0 heterocycles. The molecule has 1 amide bonds. The predicted octanol–water partition coefficient (Wildman–Crippen LogP) is 5.32. The van der Waals surface area contributed by atoms with Gasteiger partial charge in [0, 0.05) is 24.7 Å². The first kappa shape index (κ1) is 29.9. The van der Waals surface area contributed by atoms with Crippen LogP contribution < -0.4 is 5.32 Å². The first-order chi connectivity index (χ1) is 18.4. The Morgan fingerprint density at radius 3 is 2.49 bits per heavy atom. The van der Waals surface area contributed by atoms with E-state index in [1.54, 1.807) is 6.92 Å². The third-order valence-corrected chi connectivity index (χ3v) is 11.5. The van der Waals surface area contributed by atoms with Crippen molar-refractivity contribution in [3.8, 4) is 0 Å². The molecule has 0 radical (unpaired) electrons. The number of nitrogens with one attached hydrogen (secondary N) is 1. The molecule has 0 saturated heterocycles. The minimum atomic E-state index is -0.706. The molecule has 4 fully saturated rings. The summed E-state index contributed by atoms with van der Waals surface area (Å²) >= 11 is 0. The summed E-state index contributed by atoms with van der Waals surface area (Å²) in [7, 11) is 1.40. The zero-order valence-corrected chi connectivity index (χ0v) is 24.9. The van der Waals surface area contributed by atoms with Gasteiger partial charge in [-0.1, -0.05) is 34.1 Å². The topological polar surface area (TPSA) is 108 Å². The number of methoxy groups -OCH3 is 1. The van der Waals surface area contributed by atoms with Gasteiger partial charge in [0.15, 0.2) is 5.78 Å². The average molecular weight is 548 g/mol. The summed E-state index contributed by atoms with van der Waals surface area (Å²) in [6.45, 7) is 12.2. The number of fused-ring (bicyclic) bond motifs is 5. The average Bonchev–Trinajstić information content (AvgIpc) is 3.23. The molecule has 8 heteroatoms. The Morgan fingerprint density at radius 1 is 1.13 bits per heavy atom. The highest BCUT2D eigenvalue weighted by Crippen LogP contribution is 2.68. The molecule has 4 aliphatic carbocycles. The monoisotopic (exact) mass is 547 g/mol. The molecular weight excluding hydrogens is 498 g/mol. The van der Waals surface area contributed by atoms with E-state index in [1.807, 2.05) is 0 Å². The number of hydrogen-bond donors (Lipinski definition) is 1. The molecule has 0 aliphatic heterocycles. The number of esters is 2. The smallest absolute Gasteiger partial charge is 0.407 e. The van der Waals surface area contributed by atoms with E-state index in [-0.39, 0.29) is 65.4 Å². The van der Waals surface area contributed by atoms with E-state index in [1.165, 1.54) is 14.0 Å². The molecule has 0 aromatic carbocycles. The number of carbonyl (C=O) groups excluding carboxylic acids is 4. The first-order valence-corrected chi connectivity index (χ1v) is 15.1. The van der Waals surface area contributed by atoms with E-state index in [9.17, 15) is 19.2 Å². The van der Waals surface area contributed by atoms with E-state index in [0.29, 0.717) is 24.7 Å². The van der Waals surface area contributed by atoms with Crippen molar-refractivity contribution < 1.29 is 33.4 Å². The molecule has 4 rings (SSSR count). The number of Topliss-reactive ketones (excluding diaryl/α,β-unsaturated/α-hetero) is 1. The van der Waals surface area contributed by atoms with Crippen LogP contribution in [0.1, 0.15) is 92.9 Å². The quantitative estimate of drug-likeness (QED) is 0.340. The second kappa shape index (κ2) is 11.4. The Labute approximate surface area is 233 Å². The van der Waals surface area contributed by atoms with Crippen LogP contribution in [0.2, 0.25) is 0 Å². The van der Waals surface area contributed by atoms with E-state index >= 15 is 0 Å². The summed E-state index contributed by atoms with van der Waals surface area (Å²) in [6, 6.07) is -0.706. The van der Waals surface area contributed by atoms with Gasteiger partial charge in [-0.2, -0.15) is 0 Å². The predicted molar refractivity (Wildman–Crippen MR) is 145 cm³/mol. The van der Waals surface area contributed by atoms with Gasteiger partial charge in [-0.25, -0.2) is 4.79 Å². The second-order valence-corrected chi connectivity index (χ2v) is 13.4. The Hall–Kier alpha value is -2.12. The van der Waals surface area contributed by atoms with E-state index in [2.05, 4.69) is 33.0 Å². The van der Waals surface area contributed by atoms with E-state index < -0.39 is 17.6 Å². The molecule has 0 spiro atoms. The fourth-order valence-corrected chi connectivity index (χ4v) is 9.67. The molecule has 1 N–H and O–H groups in total. The first-order valence-electron chi connectivity index (χ1n) is 15.1. The number of ketones is 1. The van der Waals surface area contributed by atoms with Crippen molar-refractivity contribution in [2.45, 2.75) is 105 Å². The Bertz CT molecular complexity index is 967. The SMILES string of the molecule is CCOC(=O)NC1C(=O)[C@@]2(C)C(CCC2[C@H](C)CCC(=O)OC)C2C(OC(C)=O)C[C@@H]3C[C@H](C)CC[C@]3(C)C12. The Balaban J connectivity index is 1.79. The van der Waals surface area contributed by atoms with Crippen molar-refractivity contribution in [3.05, 3.63) is 0 Å². The van der Waals surface area contributed by atoms with Gasteiger partial charge in [0.2, 0.25) is 0 Å². The van der Waals surface area contributed by atoms with Crippen molar-refractivity contribution in [2.75, 3.05) is 13.7 Å². The van der Waals surface area contributed by atoms with Gasteiger partial charge >= 0.3 is 18.0 Å². The van der Waals surface area contributed by atoms with Crippen molar-refractivity contribution in [2.24, 2.45) is 52.3 Å². The normalized spacial score (nSPS) is 41.9. The van der Waals surface area contributed by atoms with Crippen molar-refractivity contribution in [3.63, 3.8) is 0 Å². The zero-order chi connectivity index (χ0) is 28.7.